The number of likely N-dealkylation sites (tertiary alicyclic amines) is 1. The van der Waals surface area contributed by atoms with Crippen molar-refractivity contribution >= 4 is 54.6 Å². The fraction of sp³-hybridized carbons (Fsp3) is 0.789. The number of rotatable bonds is 21. The van der Waals surface area contributed by atoms with Crippen LogP contribution in [0.25, 0.3) is 0 Å². The minimum absolute atomic E-state index is 0.0817. The zero-order valence-electron chi connectivity index (χ0n) is 35.1. The van der Waals surface area contributed by atoms with Crippen LogP contribution in [0.15, 0.2) is 0 Å². The third-order valence-corrected chi connectivity index (χ3v) is 11.7. The van der Waals surface area contributed by atoms with Gasteiger partial charge in [0.1, 0.15) is 12.1 Å². The molecule has 344 valence electrons. The Morgan fingerprint density at radius 2 is 1.16 bits per heavy atom. The highest BCUT2D eigenvalue weighted by molar-refractivity contribution is 6.43. The molecule has 3 atom stereocenters. The monoisotopic (exact) mass is 868 g/mol. The minimum Gasteiger partial charge on any atom is -0.480 e. The summed E-state index contributed by atoms with van der Waals surface area (Å²) in [7, 11) is -1.63. The largest absolute Gasteiger partial charge is 0.480 e. The fourth-order valence-electron chi connectivity index (χ4n) is 8.20. The lowest BCUT2D eigenvalue weighted by Crippen LogP contribution is -2.53. The molecule has 0 aromatic carbocycles. The van der Waals surface area contributed by atoms with Crippen molar-refractivity contribution in [2.45, 2.75) is 89.2 Å². The van der Waals surface area contributed by atoms with Crippen LogP contribution < -0.4 is 16.0 Å². The molecule has 2 aliphatic heterocycles. The highest BCUT2D eigenvalue weighted by Crippen LogP contribution is 2.29. The molecule has 3 fully saturated rings. The highest BCUT2D eigenvalue weighted by atomic mass is 16.4. The van der Waals surface area contributed by atoms with Crippen LogP contribution in [0.2, 0.25) is 0 Å². The molecule has 2 heterocycles. The van der Waals surface area contributed by atoms with Crippen LogP contribution in [0, 0.1) is 11.8 Å². The maximum Gasteiger partial charge on any atom is 0.475 e. The lowest BCUT2D eigenvalue weighted by molar-refractivity contribution is -0.145. The van der Waals surface area contributed by atoms with Crippen LogP contribution >= 0.6 is 0 Å². The van der Waals surface area contributed by atoms with Crippen LogP contribution in [0.3, 0.4) is 0 Å². The Bertz CT molecular complexity index is 1470. The number of carboxylic acids is 4. The third kappa shape index (κ3) is 18.6. The first kappa shape index (κ1) is 50.9. The Kier molecular flexibility index (Phi) is 21.8. The number of nitrogens with zero attached hydrogens (tertiary/aromatic N) is 5. The summed E-state index contributed by atoms with van der Waals surface area (Å²) in [5, 5.41) is 66.0. The fourth-order valence-corrected chi connectivity index (χ4v) is 8.20. The van der Waals surface area contributed by atoms with E-state index >= 15 is 0 Å². The first-order valence-corrected chi connectivity index (χ1v) is 21.2. The molecule has 0 spiro atoms. The van der Waals surface area contributed by atoms with Gasteiger partial charge < -0.3 is 51.3 Å². The maximum atomic E-state index is 12.9. The van der Waals surface area contributed by atoms with Crippen molar-refractivity contribution in [1.29, 1.82) is 0 Å². The Labute approximate surface area is 356 Å². The van der Waals surface area contributed by atoms with E-state index in [1.165, 1.54) is 4.90 Å². The van der Waals surface area contributed by atoms with Gasteiger partial charge in [0.15, 0.2) is 0 Å². The second-order valence-corrected chi connectivity index (χ2v) is 16.3. The number of hydrogen-bond donors (Lipinski definition) is 9. The third-order valence-electron chi connectivity index (χ3n) is 11.7. The number of carbonyl (C=O) groups excluding carboxylic acids is 4. The molecule has 0 unspecified atom stereocenters. The molecule has 23 heteroatoms. The van der Waals surface area contributed by atoms with Gasteiger partial charge in [-0.05, 0) is 64.2 Å². The molecule has 4 amide bonds. The second-order valence-electron chi connectivity index (χ2n) is 16.3. The summed E-state index contributed by atoms with van der Waals surface area (Å²) in [4.78, 5) is 106. The lowest BCUT2D eigenvalue weighted by Gasteiger charge is -2.35. The van der Waals surface area contributed by atoms with E-state index in [0.717, 1.165) is 0 Å². The smallest absolute Gasteiger partial charge is 0.475 e. The molecule has 0 aromatic rings. The van der Waals surface area contributed by atoms with Crippen LogP contribution in [0.4, 0.5) is 0 Å². The van der Waals surface area contributed by atoms with Gasteiger partial charge in [-0.15, -0.1) is 0 Å². The van der Waals surface area contributed by atoms with E-state index in [-0.39, 0.29) is 127 Å². The number of aliphatic carboxylic acids is 4. The summed E-state index contributed by atoms with van der Waals surface area (Å²) in [5.74, 6) is -6.44. The normalized spacial score (nSPS) is 22.5. The molecule has 1 aliphatic carbocycles. The van der Waals surface area contributed by atoms with Gasteiger partial charge in [-0.25, -0.2) is 0 Å². The molecule has 61 heavy (non-hydrogen) atoms. The summed E-state index contributed by atoms with van der Waals surface area (Å²) in [6.45, 7) is 2.79. The zero-order chi connectivity index (χ0) is 45.1. The number of carbonyl (C=O) groups is 8. The van der Waals surface area contributed by atoms with Crippen LogP contribution in [-0.2, 0) is 38.4 Å². The Balaban J connectivity index is 1.40. The van der Waals surface area contributed by atoms with Crippen molar-refractivity contribution in [3.05, 3.63) is 0 Å². The highest BCUT2D eigenvalue weighted by Gasteiger charge is 2.39. The lowest BCUT2D eigenvalue weighted by atomic mass is 9.77. The van der Waals surface area contributed by atoms with Gasteiger partial charge >= 0.3 is 31.0 Å². The van der Waals surface area contributed by atoms with E-state index in [1.54, 1.807) is 26.5 Å². The van der Waals surface area contributed by atoms with Crippen molar-refractivity contribution < 1.29 is 68.8 Å². The summed E-state index contributed by atoms with van der Waals surface area (Å²) in [5.41, 5.74) is 0. The van der Waals surface area contributed by atoms with Crippen molar-refractivity contribution in [2.24, 2.45) is 11.8 Å². The number of amides is 4. The SMILES string of the molecule is C[C@@H](NC(=O)C1CCC(CNC(=O)CCCNC(=O)CC[C@H](C(=O)O)N2CCN(CC(=O)O)CCN(CC(=O)O)CCN(CC(=O)O)CC2)CC1)C(=O)N1CCC[C@H]1B(O)O. The van der Waals surface area contributed by atoms with Gasteiger partial charge in [0, 0.05) is 90.8 Å². The summed E-state index contributed by atoms with van der Waals surface area (Å²) >= 11 is 0. The quantitative estimate of drug-likeness (QED) is 0.0411. The van der Waals surface area contributed by atoms with Crippen LogP contribution in [0.5, 0.6) is 0 Å². The summed E-state index contributed by atoms with van der Waals surface area (Å²) in [6.07, 6.45) is 4.03. The van der Waals surface area contributed by atoms with Crippen molar-refractivity contribution in [3.8, 4) is 0 Å². The van der Waals surface area contributed by atoms with Gasteiger partial charge in [-0.3, -0.25) is 58.0 Å². The van der Waals surface area contributed by atoms with Gasteiger partial charge in [-0.2, -0.15) is 0 Å². The van der Waals surface area contributed by atoms with Crippen LogP contribution in [0.1, 0.15) is 71.1 Å². The molecule has 0 bridgehead atoms. The van der Waals surface area contributed by atoms with Crippen molar-refractivity contribution in [1.82, 2.24) is 40.4 Å². The van der Waals surface area contributed by atoms with E-state index in [9.17, 15) is 68.8 Å². The molecular formula is C38H65BN8O14. The molecule has 0 aromatic heterocycles. The maximum absolute atomic E-state index is 12.9. The predicted molar refractivity (Wildman–Crippen MR) is 218 cm³/mol. The number of nitrogens with one attached hydrogen (secondary N) is 3. The van der Waals surface area contributed by atoms with Gasteiger partial charge in [-0.1, -0.05) is 0 Å². The van der Waals surface area contributed by atoms with E-state index in [4.69, 9.17) is 0 Å². The Hall–Kier alpha value is -4.42. The number of carboxylic acid groups (broad SMARTS) is 4. The van der Waals surface area contributed by atoms with Crippen molar-refractivity contribution in [3.63, 3.8) is 0 Å². The summed E-state index contributed by atoms with van der Waals surface area (Å²) < 4.78 is 0. The Morgan fingerprint density at radius 1 is 0.656 bits per heavy atom. The van der Waals surface area contributed by atoms with Crippen LogP contribution in [-0.4, -0.2) is 219 Å². The standard InChI is InChI=1S/C38H65BN8O14/c1-26(37(57)47-13-3-4-30(47)39(60)61)42-36(56)28-8-6-27(7-9-28)22-41-31(48)5-2-12-40-32(49)11-10-29(38(58)59)46-20-18-44(24-34(52)53)16-14-43(23-33(50)51)15-17-45(19-21-46)25-35(54)55/h26-30,60-61H,2-25H2,1H3,(H,40,49)(H,41,48)(H,42,56)(H,50,51)(H,52,53)(H,54,55)(H,58,59)/t26-,27?,28?,29-,30+/m1/s1. The molecular weight excluding hydrogens is 803 g/mol. The Morgan fingerprint density at radius 3 is 1.66 bits per heavy atom. The molecule has 1 saturated carbocycles. The van der Waals surface area contributed by atoms with E-state index < -0.39 is 54.9 Å². The van der Waals surface area contributed by atoms with Gasteiger partial charge in [0.2, 0.25) is 23.6 Å². The van der Waals surface area contributed by atoms with E-state index in [2.05, 4.69) is 16.0 Å². The first-order chi connectivity index (χ1) is 28.9. The molecule has 2 saturated heterocycles. The molecule has 22 nitrogen and oxygen atoms in total. The minimum atomic E-state index is -1.63. The average molecular weight is 869 g/mol. The first-order valence-electron chi connectivity index (χ1n) is 21.2. The number of hydrogen-bond acceptors (Lipinski definition) is 14. The van der Waals surface area contributed by atoms with Crippen molar-refractivity contribution in [2.75, 3.05) is 91.6 Å². The zero-order valence-corrected chi connectivity index (χ0v) is 35.1. The topological polar surface area (TPSA) is 310 Å². The molecule has 3 aliphatic rings. The average Bonchev–Trinajstić information content (AvgIpc) is 3.69. The van der Waals surface area contributed by atoms with E-state index in [0.29, 0.717) is 58.0 Å². The molecule has 0 radical (unpaired) electrons. The van der Waals surface area contributed by atoms with Gasteiger partial charge in [0.05, 0.1) is 25.6 Å². The summed E-state index contributed by atoms with van der Waals surface area (Å²) in [6, 6.07) is -1.94. The van der Waals surface area contributed by atoms with Gasteiger partial charge in [0.25, 0.3) is 0 Å². The molecule has 9 N–H and O–H groups in total. The predicted octanol–water partition coefficient (Wildman–Crippen LogP) is -2.98. The second kappa shape index (κ2) is 26.1. The molecule has 3 rings (SSSR count). The van der Waals surface area contributed by atoms with E-state index in [1.807, 2.05) is 0 Å².